The van der Waals surface area contributed by atoms with Gasteiger partial charge in [0.2, 0.25) is 17.7 Å². The minimum Gasteiger partial charge on any atom is -0.480 e. The topological polar surface area (TPSA) is 230 Å². The van der Waals surface area contributed by atoms with Crippen LogP contribution in [0.25, 0.3) is 11.1 Å². The maximum absolute atomic E-state index is 14.0. The van der Waals surface area contributed by atoms with Gasteiger partial charge in [0.05, 0.1) is 0 Å². The van der Waals surface area contributed by atoms with Crippen LogP contribution in [0.4, 0.5) is 9.59 Å². The molecule has 0 aromatic heterocycles. The summed E-state index contributed by atoms with van der Waals surface area (Å²) in [6.45, 7) is 15.9. The number of carboxylic acids is 1. The Balaban J connectivity index is 2.28. The number of rotatable bonds is 22. The monoisotopic (exact) mass is 872 g/mol. The fourth-order valence-corrected chi connectivity index (χ4v) is 5.96. The van der Waals surface area contributed by atoms with Crippen LogP contribution in [0.15, 0.2) is 48.5 Å². The smallest absolute Gasteiger partial charge is 0.407 e. The highest BCUT2D eigenvalue weighted by atomic mass is 35.5. The number of nitrogens with one attached hydrogen (secondary N) is 6. The second-order valence-corrected chi connectivity index (χ2v) is 17.7. The van der Waals surface area contributed by atoms with Crippen LogP contribution < -0.4 is 31.9 Å². The van der Waals surface area contributed by atoms with Gasteiger partial charge in [0.15, 0.2) is 0 Å². The third-order valence-electron chi connectivity index (χ3n) is 8.83. The van der Waals surface area contributed by atoms with Crippen LogP contribution in [0.2, 0.25) is 5.02 Å². The number of aliphatic carboxylic acids is 1. The van der Waals surface area contributed by atoms with Crippen LogP contribution in [0, 0.1) is 5.92 Å². The molecule has 0 spiro atoms. The summed E-state index contributed by atoms with van der Waals surface area (Å²) < 4.78 is 10.6. The Morgan fingerprint density at radius 1 is 0.590 bits per heavy atom. The quantitative estimate of drug-likeness (QED) is 0.0673. The van der Waals surface area contributed by atoms with Crippen molar-refractivity contribution in [2.45, 2.75) is 143 Å². The van der Waals surface area contributed by atoms with E-state index in [9.17, 15) is 38.7 Å². The van der Waals surface area contributed by atoms with Gasteiger partial charge < -0.3 is 46.5 Å². The SMILES string of the molecule is CC(C)C[C@H](NC(=O)[C@H](C)NC(=O)[C@H](CCCCNC(=O)OC(C)(C)C)NC(=O)[C@H](CCCCNC(=O)OC(C)(C)C)NC(=O)c1ccc(-c2ccc(Cl)cc2)cc1)C(=O)O. The van der Waals surface area contributed by atoms with E-state index in [1.54, 1.807) is 77.9 Å². The molecule has 0 saturated heterocycles. The maximum atomic E-state index is 14.0. The molecule has 0 aliphatic heterocycles. The Hall–Kier alpha value is -5.38. The highest BCUT2D eigenvalue weighted by molar-refractivity contribution is 6.30. The van der Waals surface area contributed by atoms with Gasteiger partial charge >= 0.3 is 18.2 Å². The van der Waals surface area contributed by atoms with Gasteiger partial charge in [0.1, 0.15) is 35.4 Å². The van der Waals surface area contributed by atoms with Crippen LogP contribution in [-0.4, -0.2) is 95.4 Å². The summed E-state index contributed by atoms with van der Waals surface area (Å²) in [6, 6.07) is 9.37. The lowest BCUT2D eigenvalue weighted by molar-refractivity contribution is -0.142. The van der Waals surface area contributed by atoms with E-state index >= 15 is 0 Å². The van der Waals surface area contributed by atoms with E-state index in [0.29, 0.717) is 30.7 Å². The summed E-state index contributed by atoms with van der Waals surface area (Å²) in [4.78, 5) is 90.5. The Morgan fingerprint density at radius 2 is 1.02 bits per heavy atom. The summed E-state index contributed by atoms with van der Waals surface area (Å²) in [5.41, 5.74) is 0.643. The first-order valence-electron chi connectivity index (χ1n) is 20.7. The van der Waals surface area contributed by atoms with Crippen molar-refractivity contribution in [3.05, 3.63) is 59.1 Å². The number of halogens is 1. The molecule has 0 saturated carbocycles. The molecular formula is C44H65ClN6O10. The predicted molar refractivity (Wildman–Crippen MR) is 233 cm³/mol. The average Bonchev–Trinajstić information content (AvgIpc) is 3.14. The summed E-state index contributed by atoms with van der Waals surface area (Å²) in [6.07, 6.45) is 0.766. The Morgan fingerprint density at radius 3 is 1.46 bits per heavy atom. The molecule has 2 aromatic carbocycles. The summed E-state index contributed by atoms with van der Waals surface area (Å²) in [5, 5.41) is 26.1. The highest BCUT2D eigenvalue weighted by Crippen LogP contribution is 2.22. The number of unbranched alkanes of at least 4 members (excludes halogenated alkanes) is 2. The van der Waals surface area contributed by atoms with Crippen LogP contribution in [0.1, 0.15) is 118 Å². The maximum Gasteiger partial charge on any atom is 0.407 e. The summed E-state index contributed by atoms with van der Waals surface area (Å²) >= 11 is 6.03. The molecule has 61 heavy (non-hydrogen) atoms. The Labute approximate surface area is 364 Å². The van der Waals surface area contributed by atoms with Gasteiger partial charge in [-0.25, -0.2) is 14.4 Å². The van der Waals surface area contributed by atoms with Gasteiger partial charge in [-0.3, -0.25) is 19.2 Å². The van der Waals surface area contributed by atoms with Crippen LogP contribution in [0.3, 0.4) is 0 Å². The lowest BCUT2D eigenvalue weighted by atomic mass is 10.0. The second-order valence-electron chi connectivity index (χ2n) is 17.3. The molecule has 0 radical (unpaired) electrons. The molecule has 0 heterocycles. The van der Waals surface area contributed by atoms with Gasteiger partial charge in [0.25, 0.3) is 5.91 Å². The van der Waals surface area contributed by atoms with E-state index < -0.39 is 77.2 Å². The third kappa shape index (κ3) is 21.1. The highest BCUT2D eigenvalue weighted by Gasteiger charge is 2.30. The van der Waals surface area contributed by atoms with Crippen molar-refractivity contribution in [1.29, 1.82) is 0 Å². The molecule has 0 fully saturated rings. The first-order valence-corrected chi connectivity index (χ1v) is 21.1. The molecule has 0 aliphatic carbocycles. The van der Waals surface area contributed by atoms with Crippen molar-refractivity contribution in [3.8, 4) is 11.1 Å². The van der Waals surface area contributed by atoms with E-state index in [-0.39, 0.29) is 43.8 Å². The van der Waals surface area contributed by atoms with Gasteiger partial charge in [-0.1, -0.05) is 49.7 Å². The van der Waals surface area contributed by atoms with Crippen molar-refractivity contribution in [2.24, 2.45) is 5.92 Å². The second kappa shape index (κ2) is 24.8. The van der Waals surface area contributed by atoms with E-state index in [2.05, 4.69) is 31.9 Å². The predicted octanol–water partition coefficient (Wildman–Crippen LogP) is 6.10. The van der Waals surface area contributed by atoms with Gasteiger partial charge in [-0.15, -0.1) is 0 Å². The number of amides is 6. The van der Waals surface area contributed by atoms with E-state index in [4.69, 9.17) is 21.1 Å². The largest absolute Gasteiger partial charge is 0.480 e. The van der Waals surface area contributed by atoms with Crippen LogP contribution >= 0.6 is 11.6 Å². The zero-order chi connectivity index (χ0) is 45.9. The number of hydrogen-bond donors (Lipinski definition) is 7. The molecule has 0 bridgehead atoms. The Kier molecular flexibility index (Phi) is 21.0. The zero-order valence-electron chi connectivity index (χ0n) is 36.9. The van der Waals surface area contributed by atoms with E-state index in [1.165, 1.54) is 6.92 Å². The summed E-state index contributed by atoms with van der Waals surface area (Å²) in [7, 11) is 0. The van der Waals surface area contributed by atoms with Crippen LogP contribution in [0.5, 0.6) is 0 Å². The minimum absolute atomic E-state index is 0.0286. The van der Waals surface area contributed by atoms with E-state index in [1.807, 2.05) is 26.0 Å². The standard InChI is InChI=1S/C44H65ClN6O10/c1-27(2)26-35(40(56)57)51-36(52)28(3)48-38(54)33(14-10-12-24-46-41(58)60-43(4,5)6)50-39(55)34(15-11-13-25-47-42(59)61-44(7,8)9)49-37(53)31-18-16-29(17-19-31)30-20-22-32(45)23-21-30/h16-23,27-28,33-35H,10-15,24-26H2,1-9H3,(H,46,58)(H,47,59)(H,48,54)(H,49,53)(H,50,55)(H,51,52)(H,56,57)/t28-,33-,34-,35-/m0/s1. The molecule has 0 aliphatic rings. The molecule has 6 amide bonds. The number of carboxylic acid groups (broad SMARTS) is 1. The Bertz CT molecular complexity index is 1770. The number of ether oxygens (including phenoxy) is 2. The third-order valence-corrected chi connectivity index (χ3v) is 9.08. The molecule has 2 aromatic rings. The van der Waals surface area contributed by atoms with Crippen molar-refractivity contribution in [1.82, 2.24) is 31.9 Å². The van der Waals surface area contributed by atoms with Crippen LogP contribution in [-0.2, 0) is 28.7 Å². The number of carbonyl (C=O) groups is 7. The summed E-state index contributed by atoms with van der Waals surface area (Å²) in [5.74, 6) is -3.88. The van der Waals surface area contributed by atoms with Gasteiger partial charge in [-0.2, -0.15) is 0 Å². The minimum atomic E-state index is -1.21. The average molecular weight is 873 g/mol. The molecule has 17 heteroatoms. The normalized spacial score (nSPS) is 13.4. The van der Waals surface area contributed by atoms with Crippen molar-refractivity contribution >= 4 is 53.4 Å². The molecule has 16 nitrogen and oxygen atoms in total. The zero-order valence-corrected chi connectivity index (χ0v) is 37.6. The fourth-order valence-electron chi connectivity index (χ4n) is 5.83. The molecular weight excluding hydrogens is 808 g/mol. The lowest BCUT2D eigenvalue weighted by Gasteiger charge is -2.25. The van der Waals surface area contributed by atoms with Crippen molar-refractivity contribution in [3.63, 3.8) is 0 Å². The van der Waals surface area contributed by atoms with Gasteiger partial charge in [-0.05, 0) is 135 Å². The van der Waals surface area contributed by atoms with Crippen molar-refractivity contribution < 1.29 is 48.1 Å². The first kappa shape index (κ1) is 51.8. The van der Waals surface area contributed by atoms with E-state index in [0.717, 1.165) is 11.1 Å². The first-order chi connectivity index (χ1) is 28.4. The molecule has 0 unspecified atom stereocenters. The number of benzene rings is 2. The number of hydrogen-bond acceptors (Lipinski definition) is 9. The lowest BCUT2D eigenvalue weighted by Crippen LogP contribution is -2.57. The number of alkyl carbamates (subject to hydrolysis) is 2. The van der Waals surface area contributed by atoms with Crippen molar-refractivity contribution in [2.75, 3.05) is 13.1 Å². The molecule has 4 atom stereocenters. The molecule has 2 rings (SSSR count). The molecule has 338 valence electrons. The van der Waals surface area contributed by atoms with Gasteiger partial charge in [0, 0.05) is 23.7 Å². The number of carbonyl (C=O) groups excluding carboxylic acids is 6. The molecule has 7 N–H and O–H groups in total. The fraction of sp³-hybridized carbons (Fsp3) is 0.568.